The average molecular weight is 281 g/mol. The van der Waals surface area contributed by atoms with Gasteiger partial charge in [-0.15, -0.1) is 11.8 Å². The maximum absolute atomic E-state index is 13.4. The molecule has 0 unspecified atom stereocenters. The molecule has 0 atom stereocenters. The first-order valence-corrected chi connectivity index (χ1v) is 7.91. The molecule has 1 aromatic carbocycles. The van der Waals surface area contributed by atoms with Gasteiger partial charge in [0, 0.05) is 10.9 Å². The van der Waals surface area contributed by atoms with E-state index in [1.54, 1.807) is 18.2 Å². The molecular formula is C15H20FNOS. The molecule has 0 saturated heterocycles. The first-order chi connectivity index (χ1) is 9.25. The van der Waals surface area contributed by atoms with E-state index < -0.39 is 0 Å². The highest BCUT2D eigenvalue weighted by molar-refractivity contribution is 8.00. The second-order valence-electron chi connectivity index (χ2n) is 4.98. The SMILES string of the molecule is O=C(CSc1ccccc1F)NC1CCCCCC1. The number of rotatable bonds is 4. The van der Waals surface area contributed by atoms with Crippen LogP contribution in [0.15, 0.2) is 29.2 Å². The third kappa shape index (κ3) is 4.86. The molecule has 1 amide bonds. The van der Waals surface area contributed by atoms with Gasteiger partial charge in [0.1, 0.15) is 5.82 Å². The monoisotopic (exact) mass is 281 g/mol. The molecule has 1 N–H and O–H groups in total. The Balaban J connectivity index is 1.76. The molecule has 1 fully saturated rings. The summed E-state index contributed by atoms with van der Waals surface area (Å²) < 4.78 is 13.4. The normalized spacial score (nSPS) is 16.9. The minimum absolute atomic E-state index is 0.0140. The van der Waals surface area contributed by atoms with Crippen molar-refractivity contribution < 1.29 is 9.18 Å². The highest BCUT2D eigenvalue weighted by Crippen LogP contribution is 2.21. The summed E-state index contributed by atoms with van der Waals surface area (Å²) in [6, 6.07) is 6.89. The van der Waals surface area contributed by atoms with Crippen molar-refractivity contribution in [1.29, 1.82) is 0 Å². The first kappa shape index (κ1) is 14.4. The summed E-state index contributed by atoms with van der Waals surface area (Å²) in [6.07, 6.45) is 7.11. The predicted octanol–water partition coefficient (Wildman–Crippen LogP) is 3.76. The van der Waals surface area contributed by atoms with Crippen LogP contribution < -0.4 is 5.32 Å². The Morgan fingerprint density at radius 1 is 1.21 bits per heavy atom. The number of nitrogens with one attached hydrogen (secondary N) is 1. The number of hydrogen-bond donors (Lipinski definition) is 1. The molecule has 4 heteroatoms. The van der Waals surface area contributed by atoms with Crippen LogP contribution in [0.2, 0.25) is 0 Å². The van der Waals surface area contributed by atoms with E-state index in [1.165, 1.54) is 43.5 Å². The van der Waals surface area contributed by atoms with Gasteiger partial charge in [-0.05, 0) is 25.0 Å². The number of carbonyl (C=O) groups excluding carboxylic acids is 1. The third-order valence-electron chi connectivity index (χ3n) is 3.42. The summed E-state index contributed by atoms with van der Waals surface area (Å²) in [4.78, 5) is 12.4. The zero-order valence-corrected chi connectivity index (χ0v) is 11.8. The van der Waals surface area contributed by atoms with Crippen LogP contribution in [0.1, 0.15) is 38.5 Å². The summed E-state index contributed by atoms with van der Waals surface area (Å²) >= 11 is 1.26. The van der Waals surface area contributed by atoms with Gasteiger partial charge in [-0.2, -0.15) is 0 Å². The van der Waals surface area contributed by atoms with E-state index in [9.17, 15) is 9.18 Å². The smallest absolute Gasteiger partial charge is 0.230 e. The van der Waals surface area contributed by atoms with Crippen molar-refractivity contribution in [2.45, 2.75) is 49.5 Å². The summed E-state index contributed by atoms with van der Waals surface area (Å²) in [7, 11) is 0. The molecule has 0 aliphatic heterocycles. The molecule has 2 rings (SSSR count). The quantitative estimate of drug-likeness (QED) is 0.672. The minimum atomic E-state index is -0.255. The standard InChI is InChI=1S/C15H20FNOS/c16-13-9-5-6-10-14(13)19-11-15(18)17-12-7-3-1-2-4-8-12/h5-6,9-10,12H,1-4,7-8,11H2,(H,17,18). The Labute approximate surface area is 118 Å². The molecule has 19 heavy (non-hydrogen) atoms. The summed E-state index contributed by atoms with van der Waals surface area (Å²) in [5.41, 5.74) is 0. The Morgan fingerprint density at radius 3 is 2.58 bits per heavy atom. The number of amides is 1. The van der Waals surface area contributed by atoms with E-state index in [1.807, 2.05) is 0 Å². The Morgan fingerprint density at radius 2 is 1.89 bits per heavy atom. The molecule has 0 bridgehead atoms. The van der Waals surface area contributed by atoms with Gasteiger partial charge in [-0.1, -0.05) is 37.8 Å². The summed E-state index contributed by atoms with van der Waals surface area (Å²) in [5, 5.41) is 3.07. The number of hydrogen-bond acceptors (Lipinski definition) is 2. The maximum Gasteiger partial charge on any atom is 0.230 e. The molecule has 0 aromatic heterocycles. The lowest BCUT2D eigenvalue weighted by atomic mass is 10.1. The van der Waals surface area contributed by atoms with Gasteiger partial charge in [-0.3, -0.25) is 4.79 Å². The fourth-order valence-electron chi connectivity index (χ4n) is 2.40. The number of carbonyl (C=O) groups is 1. The fraction of sp³-hybridized carbons (Fsp3) is 0.533. The number of halogens is 1. The number of thioether (sulfide) groups is 1. The molecule has 0 spiro atoms. The second kappa shape index (κ2) is 7.53. The van der Waals surface area contributed by atoms with E-state index in [0.29, 0.717) is 10.9 Å². The van der Waals surface area contributed by atoms with E-state index in [-0.39, 0.29) is 17.5 Å². The lowest BCUT2D eigenvalue weighted by Gasteiger charge is -2.16. The minimum Gasteiger partial charge on any atom is -0.353 e. The molecule has 1 saturated carbocycles. The maximum atomic E-state index is 13.4. The van der Waals surface area contributed by atoms with Crippen molar-refractivity contribution in [3.63, 3.8) is 0 Å². The van der Waals surface area contributed by atoms with Gasteiger partial charge >= 0.3 is 0 Å². The van der Waals surface area contributed by atoms with E-state index in [4.69, 9.17) is 0 Å². The van der Waals surface area contributed by atoms with Gasteiger partial charge in [0.25, 0.3) is 0 Å². The molecule has 1 aliphatic carbocycles. The lowest BCUT2D eigenvalue weighted by molar-refractivity contribution is -0.119. The van der Waals surface area contributed by atoms with Gasteiger partial charge in [0.2, 0.25) is 5.91 Å². The van der Waals surface area contributed by atoms with Crippen LogP contribution in [0.3, 0.4) is 0 Å². The fourth-order valence-corrected chi connectivity index (χ4v) is 3.15. The Kier molecular flexibility index (Phi) is 5.70. The van der Waals surface area contributed by atoms with Crippen LogP contribution in [0.4, 0.5) is 4.39 Å². The van der Waals surface area contributed by atoms with Crippen molar-refractivity contribution in [3.05, 3.63) is 30.1 Å². The molecular weight excluding hydrogens is 261 g/mol. The van der Waals surface area contributed by atoms with Gasteiger partial charge in [-0.25, -0.2) is 4.39 Å². The summed E-state index contributed by atoms with van der Waals surface area (Å²) in [5.74, 6) is 0.0483. The zero-order valence-electron chi connectivity index (χ0n) is 11.0. The first-order valence-electron chi connectivity index (χ1n) is 6.92. The van der Waals surface area contributed by atoms with Gasteiger partial charge in [0.15, 0.2) is 0 Å². The largest absolute Gasteiger partial charge is 0.353 e. The average Bonchev–Trinajstić information content (AvgIpc) is 2.66. The van der Waals surface area contributed by atoms with Crippen LogP contribution in [-0.4, -0.2) is 17.7 Å². The summed E-state index contributed by atoms with van der Waals surface area (Å²) in [6.45, 7) is 0. The second-order valence-corrected chi connectivity index (χ2v) is 5.99. The highest BCUT2D eigenvalue weighted by Gasteiger charge is 2.15. The van der Waals surface area contributed by atoms with Crippen LogP contribution in [0, 0.1) is 5.82 Å². The molecule has 1 aliphatic rings. The Hall–Kier alpha value is -1.03. The Bertz CT molecular complexity index is 416. The molecule has 104 valence electrons. The predicted molar refractivity (Wildman–Crippen MR) is 76.8 cm³/mol. The zero-order chi connectivity index (χ0) is 13.5. The van der Waals surface area contributed by atoms with Crippen molar-refractivity contribution in [2.75, 3.05) is 5.75 Å². The van der Waals surface area contributed by atoms with Crippen molar-refractivity contribution in [2.24, 2.45) is 0 Å². The molecule has 0 radical (unpaired) electrons. The van der Waals surface area contributed by atoms with Gasteiger partial charge < -0.3 is 5.32 Å². The van der Waals surface area contributed by atoms with E-state index in [2.05, 4.69) is 5.32 Å². The van der Waals surface area contributed by atoms with Crippen molar-refractivity contribution in [3.8, 4) is 0 Å². The van der Waals surface area contributed by atoms with Crippen LogP contribution in [-0.2, 0) is 4.79 Å². The number of benzene rings is 1. The molecule has 2 nitrogen and oxygen atoms in total. The van der Waals surface area contributed by atoms with Crippen LogP contribution in [0.5, 0.6) is 0 Å². The lowest BCUT2D eigenvalue weighted by Crippen LogP contribution is -2.35. The van der Waals surface area contributed by atoms with Crippen LogP contribution >= 0.6 is 11.8 Å². The van der Waals surface area contributed by atoms with Crippen molar-refractivity contribution in [1.82, 2.24) is 5.32 Å². The topological polar surface area (TPSA) is 29.1 Å². The van der Waals surface area contributed by atoms with Crippen LogP contribution in [0.25, 0.3) is 0 Å². The highest BCUT2D eigenvalue weighted by atomic mass is 32.2. The molecule has 1 aromatic rings. The van der Waals surface area contributed by atoms with E-state index >= 15 is 0 Å². The molecule has 0 heterocycles. The third-order valence-corrected chi connectivity index (χ3v) is 4.46. The van der Waals surface area contributed by atoms with Gasteiger partial charge in [0.05, 0.1) is 5.75 Å². The van der Waals surface area contributed by atoms with E-state index in [0.717, 1.165) is 12.8 Å². The van der Waals surface area contributed by atoms with Crippen molar-refractivity contribution >= 4 is 17.7 Å².